The SMILES string of the molecule is O=C(Nc1cccc(CNC(=O)N2CCCC3(CCC3)C2)c1)C1CCCCC1. The van der Waals surface area contributed by atoms with E-state index in [0.29, 0.717) is 12.0 Å². The van der Waals surface area contributed by atoms with Gasteiger partial charge in [0.15, 0.2) is 0 Å². The van der Waals surface area contributed by atoms with Gasteiger partial charge in [0.25, 0.3) is 0 Å². The molecule has 3 aliphatic rings. The molecule has 0 aromatic heterocycles. The number of nitrogens with zero attached hydrogens (tertiary/aromatic N) is 1. The van der Waals surface area contributed by atoms with Crippen molar-refractivity contribution in [2.45, 2.75) is 70.8 Å². The summed E-state index contributed by atoms with van der Waals surface area (Å²) in [5, 5.41) is 6.14. The van der Waals surface area contributed by atoms with Crippen LogP contribution >= 0.6 is 0 Å². The maximum atomic E-state index is 12.6. The van der Waals surface area contributed by atoms with Gasteiger partial charge in [0, 0.05) is 31.2 Å². The number of piperidine rings is 1. The smallest absolute Gasteiger partial charge is 0.317 e. The first-order valence-electron chi connectivity index (χ1n) is 11.1. The Hall–Kier alpha value is -2.04. The van der Waals surface area contributed by atoms with E-state index >= 15 is 0 Å². The summed E-state index contributed by atoms with van der Waals surface area (Å²) in [6.07, 6.45) is 11.8. The second-order valence-corrected chi connectivity index (χ2v) is 9.06. The van der Waals surface area contributed by atoms with Gasteiger partial charge in [-0.3, -0.25) is 4.79 Å². The molecule has 5 heteroatoms. The molecule has 0 unspecified atom stereocenters. The quantitative estimate of drug-likeness (QED) is 0.793. The van der Waals surface area contributed by atoms with Crippen molar-refractivity contribution in [3.8, 4) is 0 Å². The van der Waals surface area contributed by atoms with Gasteiger partial charge in [-0.2, -0.15) is 0 Å². The van der Waals surface area contributed by atoms with Gasteiger partial charge in [-0.15, -0.1) is 0 Å². The van der Waals surface area contributed by atoms with E-state index in [4.69, 9.17) is 0 Å². The zero-order chi connectivity index (χ0) is 19.4. The molecule has 0 radical (unpaired) electrons. The van der Waals surface area contributed by atoms with Crippen LogP contribution in [0.1, 0.15) is 69.8 Å². The summed E-state index contributed by atoms with van der Waals surface area (Å²) < 4.78 is 0. The Balaban J connectivity index is 1.28. The van der Waals surface area contributed by atoms with Crippen molar-refractivity contribution in [3.05, 3.63) is 29.8 Å². The molecule has 2 N–H and O–H groups in total. The first kappa shape index (κ1) is 19.3. The predicted octanol–water partition coefficient (Wildman–Crippen LogP) is 4.68. The van der Waals surface area contributed by atoms with Crippen molar-refractivity contribution in [1.29, 1.82) is 0 Å². The lowest BCUT2D eigenvalue weighted by Gasteiger charge is -2.48. The highest BCUT2D eigenvalue weighted by Crippen LogP contribution is 2.47. The minimum absolute atomic E-state index is 0.0441. The van der Waals surface area contributed by atoms with E-state index in [-0.39, 0.29) is 17.9 Å². The lowest BCUT2D eigenvalue weighted by atomic mass is 9.64. The zero-order valence-electron chi connectivity index (χ0n) is 16.8. The molecule has 1 aromatic carbocycles. The number of hydrogen-bond acceptors (Lipinski definition) is 2. The summed E-state index contributed by atoms with van der Waals surface area (Å²) in [4.78, 5) is 27.1. The Morgan fingerprint density at radius 3 is 2.57 bits per heavy atom. The minimum atomic E-state index is 0.0441. The maximum absolute atomic E-state index is 12.6. The van der Waals surface area contributed by atoms with Crippen LogP contribution in [-0.4, -0.2) is 29.9 Å². The third kappa shape index (κ3) is 4.50. The van der Waals surface area contributed by atoms with Crippen LogP contribution in [0.15, 0.2) is 24.3 Å². The Bertz CT molecular complexity index is 708. The number of likely N-dealkylation sites (tertiary alicyclic amines) is 1. The van der Waals surface area contributed by atoms with Crippen LogP contribution in [0.25, 0.3) is 0 Å². The fraction of sp³-hybridized carbons (Fsp3) is 0.652. The van der Waals surface area contributed by atoms with Crippen LogP contribution in [0, 0.1) is 11.3 Å². The number of rotatable bonds is 4. The number of urea groups is 1. The van der Waals surface area contributed by atoms with Crippen molar-refractivity contribution < 1.29 is 9.59 Å². The largest absolute Gasteiger partial charge is 0.334 e. The van der Waals surface area contributed by atoms with Crippen LogP contribution < -0.4 is 10.6 Å². The topological polar surface area (TPSA) is 61.4 Å². The Morgan fingerprint density at radius 1 is 1.04 bits per heavy atom. The van der Waals surface area contributed by atoms with Crippen LogP contribution in [0.5, 0.6) is 0 Å². The molecule has 0 atom stereocenters. The molecule has 1 aromatic rings. The summed E-state index contributed by atoms with van der Waals surface area (Å²) in [5.41, 5.74) is 2.26. The molecule has 1 saturated heterocycles. The molecule has 1 aliphatic heterocycles. The third-order valence-electron chi connectivity index (χ3n) is 6.98. The fourth-order valence-electron chi connectivity index (χ4n) is 5.12. The number of hydrogen-bond donors (Lipinski definition) is 2. The first-order chi connectivity index (χ1) is 13.6. The van der Waals surface area contributed by atoms with E-state index in [1.165, 1.54) is 32.1 Å². The van der Waals surface area contributed by atoms with E-state index in [9.17, 15) is 9.59 Å². The van der Waals surface area contributed by atoms with Crippen molar-refractivity contribution in [2.75, 3.05) is 18.4 Å². The summed E-state index contributed by atoms with van der Waals surface area (Å²) in [7, 11) is 0. The third-order valence-corrected chi connectivity index (χ3v) is 6.98. The highest BCUT2D eigenvalue weighted by molar-refractivity contribution is 5.92. The highest BCUT2D eigenvalue weighted by Gasteiger charge is 2.41. The molecular weight excluding hydrogens is 350 g/mol. The van der Waals surface area contributed by atoms with E-state index in [1.807, 2.05) is 29.2 Å². The normalized spacial score (nSPS) is 21.8. The second-order valence-electron chi connectivity index (χ2n) is 9.06. The highest BCUT2D eigenvalue weighted by atomic mass is 16.2. The van der Waals surface area contributed by atoms with Gasteiger partial charge in [0.1, 0.15) is 0 Å². The average molecular weight is 384 g/mol. The summed E-state index contributed by atoms with van der Waals surface area (Å²) in [6, 6.07) is 7.90. The second kappa shape index (κ2) is 8.54. The minimum Gasteiger partial charge on any atom is -0.334 e. The molecule has 1 heterocycles. The molecule has 2 saturated carbocycles. The molecular formula is C23H33N3O2. The summed E-state index contributed by atoms with van der Waals surface area (Å²) in [5.74, 6) is 0.287. The molecule has 3 amide bonds. The van der Waals surface area contributed by atoms with Gasteiger partial charge in [-0.1, -0.05) is 37.8 Å². The average Bonchev–Trinajstić information content (AvgIpc) is 2.72. The molecule has 0 bridgehead atoms. The van der Waals surface area contributed by atoms with Crippen molar-refractivity contribution in [1.82, 2.24) is 10.2 Å². The number of amides is 3. The standard InChI is InChI=1S/C23H33N3O2/c27-21(19-8-2-1-3-9-19)25-20-10-4-7-18(15-20)16-24-22(28)26-14-6-13-23(17-26)11-5-12-23/h4,7,10,15,19H,1-3,5-6,8-9,11-14,16-17H2,(H,24,28)(H,25,27). The van der Waals surface area contributed by atoms with Crippen LogP contribution in [0.2, 0.25) is 0 Å². The summed E-state index contributed by atoms with van der Waals surface area (Å²) in [6.45, 7) is 2.27. The Morgan fingerprint density at radius 2 is 1.82 bits per heavy atom. The Kier molecular flexibility index (Phi) is 5.88. The summed E-state index contributed by atoms with van der Waals surface area (Å²) >= 11 is 0. The predicted molar refractivity (Wildman–Crippen MR) is 111 cm³/mol. The van der Waals surface area contributed by atoms with Gasteiger partial charge in [0.05, 0.1) is 0 Å². The van der Waals surface area contributed by atoms with Gasteiger partial charge in [0.2, 0.25) is 5.91 Å². The number of anilines is 1. The Labute approximate surface area is 168 Å². The molecule has 1 spiro atoms. The van der Waals surface area contributed by atoms with Gasteiger partial charge in [-0.25, -0.2) is 4.79 Å². The maximum Gasteiger partial charge on any atom is 0.317 e. The van der Waals surface area contributed by atoms with Crippen LogP contribution in [0.3, 0.4) is 0 Å². The molecule has 2 aliphatic carbocycles. The lowest BCUT2D eigenvalue weighted by Crippen LogP contribution is -2.51. The molecule has 28 heavy (non-hydrogen) atoms. The van der Waals surface area contributed by atoms with Crippen LogP contribution in [0.4, 0.5) is 10.5 Å². The van der Waals surface area contributed by atoms with E-state index in [1.54, 1.807) is 0 Å². The molecule has 4 rings (SSSR count). The van der Waals surface area contributed by atoms with Crippen LogP contribution in [-0.2, 0) is 11.3 Å². The number of carbonyl (C=O) groups is 2. The van der Waals surface area contributed by atoms with Gasteiger partial charge < -0.3 is 15.5 Å². The lowest BCUT2D eigenvalue weighted by molar-refractivity contribution is -0.120. The number of benzene rings is 1. The molecule has 5 nitrogen and oxygen atoms in total. The molecule has 152 valence electrons. The van der Waals surface area contributed by atoms with E-state index < -0.39 is 0 Å². The molecule has 3 fully saturated rings. The van der Waals surface area contributed by atoms with E-state index in [0.717, 1.165) is 56.4 Å². The first-order valence-corrected chi connectivity index (χ1v) is 11.1. The van der Waals surface area contributed by atoms with Gasteiger partial charge in [-0.05, 0) is 61.6 Å². The van der Waals surface area contributed by atoms with Crippen molar-refractivity contribution >= 4 is 17.6 Å². The number of carbonyl (C=O) groups excluding carboxylic acids is 2. The van der Waals surface area contributed by atoms with Crippen molar-refractivity contribution in [2.24, 2.45) is 11.3 Å². The van der Waals surface area contributed by atoms with Gasteiger partial charge >= 0.3 is 6.03 Å². The monoisotopic (exact) mass is 383 g/mol. The van der Waals surface area contributed by atoms with Crippen molar-refractivity contribution in [3.63, 3.8) is 0 Å². The van der Waals surface area contributed by atoms with E-state index in [2.05, 4.69) is 10.6 Å². The fourth-order valence-corrected chi connectivity index (χ4v) is 5.12. The zero-order valence-corrected chi connectivity index (χ0v) is 16.8. The number of nitrogens with one attached hydrogen (secondary N) is 2.